The lowest BCUT2D eigenvalue weighted by molar-refractivity contribution is -0.121. The molecule has 1 unspecified atom stereocenters. The first kappa shape index (κ1) is 19.4. The first-order valence-electron chi connectivity index (χ1n) is 8.53. The van der Waals surface area contributed by atoms with E-state index < -0.39 is 0 Å². The Morgan fingerprint density at radius 3 is 2.52 bits per heavy atom. The lowest BCUT2D eigenvalue weighted by Gasteiger charge is -2.35. The molecule has 2 amide bonds. The summed E-state index contributed by atoms with van der Waals surface area (Å²) in [5.74, 6) is -0.262. The summed E-state index contributed by atoms with van der Waals surface area (Å²) >= 11 is 0. The van der Waals surface area contributed by atoms with Gasteiger partial charge in [-0.1, -0.05) is 6.07 Å². The summed E-state index contributed by atoms with van der Waals surface area (Å²) in [6.45, 7) is 7.57. The quantitative estimate of drug-likeness (QED) is 0.807. The number of ether oxygens (including phenoxy) is 1. The van der Waals surface area contributed by atoms with E-state index in [2.05, 4.69) is 27.5 Å². The molecule has 25 heavy (non-hydrogen) atoms. The molecule has 1 heterocycles. The Morgan fingerprint density at radius 2 is 1.88 bits per heavy atom. The van der Waals surface area contributed by atoms with Gasteiger partial charge in [-0.3, -0.25) is 14.5 Å². The maximum Gasteiger partial charge on any atom is 0.250 e. The Hall–Kier alpha value is -1.96. The van der Waals surface area contributed by atoms with Gasteiger partial charge < -0.3 is 20.3 Å². The van der Waals surface area contributed by atoms with Gasteiger partial charge in [-0.25, -0.2) is 0 Å². The van der Waals surface area contributed by atoms with Crippen LogP contribution >= 0.6 is 0 Å². The third-order valence-corrected chi connectivity index (χ3v) is 4.52. The second-order valence-electron chi connectivity index (χ2n) is 6.52. The van der Waals surface area contributed by atoms with Gasteiger partial charge in [-0.2, -0.15) is 0 Å². The molecule has 7 nitrogen and oxygen atoms in total. The number of benzene rings is 1. The number of hydrogen-bond acceptors (Lipinski definition) is 5. The van der Waals surface area contributed by atoms with E-state index in [1.165, 1.54) is 7.11 Å². The van der Waals surface area contributed by atoms with Crippen molar-refractivity contribution in [2.45, 2.75) is 19.9 Å². The zero-order valence-electron chi connectivity index (χ0n) is 15.5. The number of likely N-dealkylation sites (N-methyl/N-ethyl adjacent to an activating group) is 1. The number of methoxy groups -OCH3 is 1. The number of rotatable bonds is 6. The highest BCUT2D eigenvalue weighted by Crippen LogP contribution is 2.21. The van der Waals surface area contributed by atoms with Crippen LogP contribution in [0.15, 0.2) is 18.2 Å². The van der Waals surface area contributed by atoms with Crippen LogP contribution in [0.3, 0.4) is 0 Å². The van der Waals surface area contributed by atoms with Crippen molar-refractivity contribution in [3.05, 3.63) is 23.8 Å². The molecule has 0 bridgehead atoms. The molecule has 0 saturated carbocycles. The van der Waals surface area contributed by atoms with Gasteiger partial charge in [0, 0.05) is 44.7 Å². The van der Waals surface area contributed by atoms with Crippen LogP contribution in [0, 0.1) is 6.92 Å². The smallest absolute Gasteiger partial charge is 0.250 e. The molecule has 138 valence electrons. The van der Waals surface area contributed by atoms with Crippen molar-refractivity contribution in [1.29, 1.82) is 0 Å². The molecule has 1 aliphatic heterocycles. The molecule has 0 spiro atoms. The molecule has 1 saturated heterocycles. The number of nitrogens with zero attached hydrogens (tertiary/aromatic N) is 2. The Morgan fingerprint density at radius 1 is 1.20 bits per heavy atom. The molecule has 0 aliphatic carbocycles. The van der Waals surface area contributed by atoms with Crippen LogP contribution in [0.25, 0.3) is 0 Å². The number of anilines is 2. The van der Waals surface area contributed by atoms with E-state index in [0.717, 1.165) is 31.7 Å². The summed E-state index contributed by atoms with van der Waals surface area (Å²) in [6, 6.07) is 5.26. The van der Waals surface area contributed by atoms with Gasteiger partial charge in [-0.05, 0) is 38.6 Å². The van der Waals surface area contributed by atoms with E-state index in [0.29, 0.717) is 11.4 Å². The first-order valence-corrected chi connectivity index (χ1v) is 8.53. The third-order valence-electron chi connectivity index (χ3n) is 4.52. The average molecular weight is 348 g/mol. The van der Waals surface area contributed by atoms with Gasteiger partial charge in [0.05, 0.1) is 6.04 Å². The molecule has 1 fully saturated rings. The molecular formula is C18H28N4O3. The number of amides is 2. The lowest BCUT2D eigenvalue weighted by Crippen LogP contribution is -2.51. The zero-order chi connectivity index (χ0) is 18.4. The van der Waals surface area contributed by atoms with Crippen molar-refractivity contribution >= 4 is 23.2 Å². The molecular weight excluding hydrogens is 320 g/mol. The van der Waals surface area contributed by atoms with Gasteiger partial charge in [0.1, 0.15) is 6.61 Å². The molecule has 0 aromatic heterocycles. The fourth-order valence-electron chi connectivity index (χ4n) is 2.77. The maximum atomic E-state index is 12.6. The molecule has 7 heteroatoms. The van der Waals surface area contributed by atoms with Crippen molar-refractivity contribution in [1.82, 2.24) is 9.80 Å². The molecule has 1 atom stereocenters. The second kappa shape index (κ2) is 8.94. The molecule has 1 aromatic carbocycles. The topological polar surface area (TPSA) is 73.9 Å². The standard InChI is InChI=1S/C18H28N4O3/c1-13-5-6-15(19-17(23)12-25-4)11-16(13)20-18(24)14(2)22-9-7-21(3)8-10-22/h5-6,11,14H,7-10,12H2,1-4H3,(H,19,23)(H,20,24). The third kappa shape index (κ3) is 5.52. The van der Waals surface area contributed by atoms with Crippen LogP contribution in [0.1, 0.15) is 12.5 Å². The summed E-state index contributed by atoms with van der Waals surface area (Å²) in [5, 5.41) is 5.74. The fourth-order valence-corrected chi connectivity index (χ4v) is 2.77. The molecule has 0 radical (unpaired) electrons. The number of piperazine rings is 1. The Bertz CT molecular complexity index is 612. The SMILES string of the molecule is COCC(=O)Nc1ccc(C)c(NC(=O)C(C)N2CCN(C)CC2)c1. The Kier molecular flexibility index (Phi) is 6.92. The van der Waals surface area contributed by atoms with Crippen LogP contribution in [0.4, 0.5) is 11.4 Å². The monoisotopic (exact) mass is 348 g/mol. The fraction of sp³-hybridized carbons (Fsp3) is 0.556. The van der Waals surface area contributed by atoms with Crippen molar-refractivity contribution in [2.75, 3.05) is 57.6 Å². The summed E-state index contributed by atoms with van der Waals surface area (Å²) in [6.07, 6.45) is 0. The zero-order valence-corrected chi connectivity index (χ0v) is 15.5. The molecule has 2 rings (SSSR count). The predicted octanol–water partition coefficient (Wildman–Crippen LogP) is 1.15. The molecule has 2 N–H and O–H groups in total. The Balaban J connectivity index is 2.00. The highest BCUT2D eigenvalue weighted by molar-refractivity contribution is 5.97. The van der Waals surface area contributed by atoms with E-state index in [1.807, 2.05) is 26.0 Å². The van der Waals surface area contributed by atoms with Gasteiger partial charge in [0.15, 0.2) is 0 Å². The highest BCUT2D eigenvalue weighted by atomic mass is 16.5. The van der Waals surface area contributed by atoms with Crippen molar-refractivity contribution in [2.24, 2.45) is 0 Å². The normalized spacial score (nSPS) is 17.1. The van der Waals surface area contributed by atoms with E-state index in [-0.39, 0.29) is 24.5 Å². The van der Waals surface area contributed by atoms with Crippen molar-refractivity contribution < 1.29 is 14.3 Å². The lowest BCUT2D eigenvalue weighted by atomic mass is 10.1. The summed E-state index contributed by atoms with van der Waals surface area (Å²) in [7, 11) is 3.56. The number of carbonyl (C=O) groups is 2. The van der Waals surface area contributed by atoms with Gasteiger partial charge in [-0.15, -0.1) is 0 Å². The predicted molar refractivity (Wildman–Crippen MR) is 98.8 cm³/mol. The summed E-state index contributed by atoms with van der Waals surface area (Å²) in [4.78, 5) is 28.7. The van der Waals surface area contributed by atoms with Crippen LogP contribution in [-0.2, 0) is 14.3 Å². The van der Waals surface area contributed by atoms with Gasteiger partial charge in [0.25, 0.3) is 0 Å². The van der Waals surface area contributed by atoms with Gasteiger partial charge in [0.2, 0.25) is 11.8 Å². The minimum Gasteiger partial charge on any atom is -0.375 e. The van der Waals surface area contributed by atoms with E-state index in [9.17, 15) is 9.59 Å². The number of aryl methyl sites for hydroxylation is 1. The van der Waals surface area contributed by atoms with Crippen LogP contribution in [-0.4, -0.2) is 74.6 Å². The summed E-state index contributed by atoms with van der Waals surface area (Å²) in [5.41, 5.74) is 2.29. The van der Waals surface area contributed by atoms with Crippen molar-refractivity contribution in [3.63, 3.8) is 0 Å². The number of hydrogen-bond donors (Lipinski definition) is 2. The maximum absolute atomic E-state index is 12.6. The molecule has 1 aromatic rings. The highest BCUT2D eigenvalue weighted by Gasteiger charge is 2.24. The Labute approximate surface area is 149 Å². The van der Waals surface area contributed by atoms with E-state index >= 15 is 0 Å². The van der Waals surface area contributed by atoms with Crippen molar-refractivity contribution in [3.8, 4) is 0 Å². The first-order chi connectivity index (χ1) is 11.9. The van der Waals surface area contributed by atoms with E-state index in [1.54, 1.807) is 6.07 Å². The number of nitrogens with one attached hydrogen (secondary N) is 2. The van der Waals surface area contributed by atoms with Crippen LogP contribution in [0.2, 0.25) is 0 Å². The average Bonchev–Trinajstić information content (AvgIpc) is 2.58. The van der Waals surface area contributed by atoms with Crippen LogP contribution < -0.4 is 10.6 Å². The minimum atomic E-state index is -0.227. The minimum absolute atomic E-state index is 0.00396. The number of carbonyl (C=O) groups excluding carboxylic acids is 2. The van der Waals surface area contributed by atoms with Crippen LogP contribution in [0.5, 0.6) is 0 Å². The van der Waals surface area contributed by atoms with Gasteiger partial charge >= 0.3 is 0 Å². The van der Waals surface area contributed by atoms with E-state index in [4.69, 9.17) is 4.74 Å². The second-order valence-corrected chi connectivity index (χ2v) is 6.52. The summed E-state index contributed by atoms with van der Waals surface area (Å²) < 4.78 is 4.81. The molecule has 1 aliphatic rings. The largest absolute Gasteiger partial charge is 0.375 e.